The monoisotopic (exact) mass is 156 g/mol. The SMILES string of the molecule is C[C@@H]1[C@H](C)[C@@H](C)C[C@H]1C(=O)O. The molecule has 0 aromatic rings. The molecule has 2 nitrogen and oxygen atoms in total. The molecule has 0 bridgehead atoms. The third-order valence-electron chi connectivity index (χ3n) is 3.30. The number of rotatable bonds is 1. The number of carboxylic acids is 1. The fourth-order valence-electron chi connectivity index (χ4n) is 2.04. The lowest BCUT2D eigenvalue weighted by Crippen LogP contribution is -2.18. The molecule has 0 heterocycles. The van der Waals surface area contributed by atoms with E-state index in [1.165, 1.54) is 0 Å². The molecule has 1 aliphatic carbocycles. The van der Waals surface area contributed by atoms with E-state index in [0.29, 0.717) is 17.8 Å². The van der Waals surface area contributed by atoms with Gasteiger partial charge in [-0.3, -0.25) is 4.79 Å². The van der Waals surface area contributed by atoms with Crippen molar-refractivity contribution in [2.24, 2.45) is 23.7 Å². The fourth-order valence-corrected chi connectivity index (χ4v) is 2.04. The van der Waals surface area contributed by atoms with E-state index in [0.717, 1.165) is 6.42 Å². The summed E-state index contributed by atoms with van der Waals surface area (Å²) in [5, 5.41) is 8.82. The van der Waals surface area contributed by atoms with E-state index in [1.54, 1.807) is 0 Å². The van der Waals surface area contributed by atoms with Crippen LogP contribution in [0.25, 0.3) is 0 Å². The maximum Gasteiger partial charge on any atom is 0.306 e. The molecule has 0 unspecified atom stereocenters. The Labute approximate surface area is 67.6 Å². The molecule has 1 fully saturated rings. The zero-order valence-corrected chi connectivity index (χ0v) is 7.37. The Morgan fingerprint density at radius 2 is 1.82 bits per heavy atom. The van der Waals surface area contributed by atoms with Gasteiger partial charge in [-0.15, -0.1) is 0 Å². The molecule has 1 aliphatic rings. The summed E-state index contributed by atoms with van der Waals surface area (Å²) in [4.78, 5) is 10.7. The van der Waals surface area contributed by atoms with Crippen LogP contribution in [0.5, 0.6) is 0 Å². The second kappa shape index (κ2) is 2.84. The normalized spacial score (nSPS) is 44.3. The molecule has 1 rings (SSSR count). The molecule has 1 N–H and O–H groups in total. The molecule has 2 heteroatoms. The Bertz CT molecular complexity index is 165. The lowest BCUT2D eigenvalue weighted by Gasteiger charge is -2.14. The van der Waals surface area contributed by atoms with Gasteiger partial charge in [0.1, 0.15) is 0 Å². The molecule has 0 saturated heterocycles. The highest BCUT2D eigenvalue weighted by Crippen LogP contribution is 2.40. The van der Waals surface area contributed by atoms with Crippen molar-refractivity contribution >= 4 is 5.97 Å². The minimum atomic E-state index is -0.617. The van der Waals surface area contributed by atoms with Gasteiger partial charge < -0.3 is 5.11 Å². The first-order chi connectivity index (χ1) is 5.04. The highest BCUT2D eigenvalue weighted by atomic mass is 16.4. The maximum absolute atomic E-state index is 10.7. The highest BCUT2D eigenvalue weighted by Gasteiger charge is 2.39. The van der Waals surface area contributed by atoms with Gasteiger partial charge >= 0.3 is 5.97 Å². The molecule has 0 spiro atoms. The van der Waals surface area contributed by atoms with E-state index >= 15 is 0 Å². The van der Waals surface area contributed by atoms with Gasteiger partial charge in [0.2, 0.25) is 0 Å². The Balaban J connectivity index is 2.67. The van der Waals surface area contributed by atoms with Crippen molar-refractivity contribution in [2.45, 2.75) is 27.2 Å². The van der Waals surface area contributed by atoms with Crippen LogP contribution in [-0.4, -0.2) is 11.1 Å². The second-order valence-corrected chi connectivity index (χ2v) is 3.88. The lowest BCUT2D eigenvalue weighted by atomic mass is 9.91. The molecule has 11 heavy (non-hydrogen) atoms. The second-order valence-electron chi connectivity index (χ2n) is 3.88. The highest BCUT2D eigenvalue weighted by molar-refractivity contribution is 5.70. The Morgan fingerprint density at radius 3 is 2.00 bits per heavy atom. The molecule has 64 valence electrons. The molecule has 0 aliphatic heterocycles. The van der Waals surface area contributed by atoms with Crippen LogP contribution in [-0.2, 0) is 4.79 Å². The fraction of sp³-hybridized carbons (Fsp3) is 0.889. The van der Waals surface area contributed by atoms with Gasteiger partial charge in [-0.2, -0.15) is 0 Å². The third-order valence-corrected chi connectivity index (χ3v) is 3.30. The number of carboxylic acid groups (broad SMARTS) is 1. The van der Waals surface area contributed by atoms with Gasteiger partial charge in [0.25, 0.3) is 0 Å². The topological polar surface area (TPSA) is 37.3 Å². The summed E-state index contributed by atoms with van der Waals surface area (Å²) in [6.07, 6.45) is 0.859. The number of aliphatic carboxylic acids is 1. The molecule has 4 atom stereocenters. The smallest absolute Gasteiger partial charge is 0.306 e. The first-order valence-corrected chi connectivity index (χ1v) is 4.26. The summed E-state index contributed by atoms with van der Waals surface area (Å²) in [6.45, 7) is 6.34. The van der Waals surface area contributed by atoms with E-state index < -0.39 is 5.97 Å². The minimum absolute atomic E-state index is 0.0972. The largest absolute Gasteiger partial charge is 0.481 e. The van der Waals surface area contributed by atoms with Gasteiger partial charge in [-0.25, -0.2) is 0 Å². The van der Waals surface area contributed by atoms with Crippen LogP contribution in [0.3, 0.4) is 0 Å². The minimum Gasteiger partial charge on any atom is -0.481 e. The van der Waals surface area contributed by atoms with Crippen molar-refractivity contribution in [3.63, 3.8) is 0 Å². The van der Waals surface area contributed by atoms with Crippen LogP contribution in [0.1, 0.15) is 27.2 Å². The van der Waals surface area contributed by atoms with Crippen LogP contribution in [0.4, 0.5) is 0 Å². The molecule has 1 saturated carbocycles. The van der Waals surface area contributed by atoms with Gasteiger partial charge in [0.15, 0.2) is 0 Å². The van der Waals surface area contributed by atoms with Gasteiger partial charge in [0, 0.05) is 0 Å². The summed E-state index contributed by atoms with van der Waals surface area (Å²) in [7, 11) is 0. The average molecular weight is 156 g/mol. The van der Waals surface area contributed by atoms with E-state index in [-0.39, 0.29) is 5.92 Å². The summed E-state index contributed by atoms with van der Waals surface area (Å²) in [5.74, 6) is 0.776. The standard InChI is InChI=1S/C9H16O2/c1-5-4-8(9(10)11)7(3)6(5)2/h5-8H,4H2,1-3H3,(H,10,11)/t5-,6+,7+,8+/m0/s1. The van der Waals surface area contributed by atoms with Crippen molar-refractivity contribution in [1.82, 2.24) is 0 Å². The van der Waals surface area contributed by atoms with Crippen molar-refractivity contribution in [3.05, 3.63) is 0 Å². The number of carbonyl (C=O) groups is 1. The average Bonchev–Trinajstić information content (AvgIpc) is 2.17. The van der Waals surface area contributed by atoms with Crippen LogP contribution >= 0.6 is 0 Å². The van der Waals surface area contributed by atoms with E-state index in [9.17, 15) is 4.79 Å². The predicted octanol–water partition coefficient (Wildman–Crippen LogP) is 2.00. The molecular weight excluding hydrogens is 140 g/mol. The summed E-state index contributed by atoms with van der Waals surface area (Å²) >= 11 is 0. The maximum atomic E-state index is 10.7. The lowest BCUT2D eigenvalue weighted by molar-refractivity contribution is -0.142. The van der Waals surface area contributed by atoms with E-state index in [2.05, 4.69) is 13.8 Å². The van der Waals surface area contributed by atoms with Crippen LogP contribution < -0.4 is 0 Å². The Hall–Kier alpha value is -0.530. The van der Waals surface area contributed by atoms with Gasteiger partial charge in [0.05, 0.1) is 5.92 Å². The Morgan fingerprint density at radius 1 is 1.27 bits per heavy atom. The molecular formula is C9H16O2. The summed E-state index contributed by atoms with van der Waals surface area (Å²) in [6, 6.07) is 0. The van der Waals surface area contributed by atoms with Crippen LogP contribution in [0.2, 0.25) is 0 Å². The number of hydrogen-bond donors (Lipinski definition) is 1. The molecule has 0 radical (unpaired) electrons. The van der Waals surface area contributed by atoms with Crippen molar-refractivity contribution in [1.29, 1.82) is 0 Å². The van der Waals surface area contributed by atoms with Crippen molar-refractivity contribution < 1.29 is 9.90 Å². The van der Waals surface area contributed by atoms with Crippen molar-refractivity contribution in [2.75, 3.05) is 0 Å². The van der Waals surface area contributed by atoms with E-state index in [4.69, 9.17) is 5.11 Å². The van der Waals surface area contributed by atoms with Crippen LogP contribution in [0.15, 0.2) is 0 Å². The van der Waals surface area contributed by atoms with Crippen LogP contribution in [0, 0.1) is 23.7 Å². The Kier molecular flexibility index (Phi) is 2.21. The first-order valence-electron chi connectivity index (χ1n) is 4.26. The molecule has 0 aromatic carbocycles. The third kappa shape index (κ3) is 1.39. The first kappa shape index (κ1) is 8.57. The number of hydrogen-bond acceptors (Lipinski definition) is 1. The van der Waals surface area contributed by atoms with E-state index in [1.807, 2.05) is 6.92 Å². The predicted molar refractivity (Wildman–Crippen MR) is 43.2 cm³/mol. The summed E-state index contributed by atoms with van der Waals surface area (Å²) < 4.78 is 0. The molecule has 0 amide bonds. The van der Waals surface area contributed by atoms with Gasteiger partial charge in [-0.1, -0.05) is 20.8 Å². The molecule has 0 aromatic heterocycles. The van der Waals surface area contributed by atoms with Crippen molar-refractivity contribution in [3.8, 4) is 0 Å². The quantitative estimate of drug-likeness (QED) is 0.630. The zero-order chi connectivity index (χ0) is 8.59. The zero-order valence-electron chi connectivity index (χ0n) is 7.37. The van der Waals surface area contributed by atoms with Gasteiger partial charge in [-0.05, 0) is 24.2 Å². The summed E-state index contributed by atoms with van der Waals surface area (Å²) in [5.41, 5.74) is 0.